The molecule has 0 saturated carbocycles. The predicted molar refractivity (Wildman–Crippen MR) is 76.5 cm³/mol. The SMILES string of the molecule is Cc1ccc(C(=O)NC(CO)c2cc(F)c(F)c(F)c2)cc1O. The van der Waals surface area contributed by atoms with Crippen molar-refractivity contribution < 1.29 is 28.2 Å². The van der Waals surface area contributed by atoms with E-state index in [9.17, 15) is 28.2 Å². The molecule has 2 aromatic carbocycles. The van der Waals surface area contributed by atoms with Gasteiger partial charge in [-0.15, -0.1) is 0 Å². The van der Waals surface area contributed by atoms with Crippen LogP contribution >= 0.6 is 0 Å². The lowest BCUT2D eigenvalue weighted by Crippen LogP contribution is -2.31. The molecule has 3 N–H and O–H groups in total. The van der Waals surface area contributed by atoms with Crippen LogP contribution in [-0.2, 0) is 0 Å². The van der Waals surface area contributed by atoms with Gasteiger partial charge in [0.1, 0.15) is 5.75 Å². The molecule has 2 aromatic rings. The molecule has 1 unspecified atom stereocenters. The lowest BCUT2D eigenvalue weighted by molar-refractivity contribution is 0.0915. The highest BCUT2D eigenvalue weighted by atomic mass is 19.2. The molecular weight excluding hydrogens is 311 g/mol. The highest BCUT2D eigenvalue weighted by molar-refractivity contribution is 5.95. The Labute approximate surface area is 130 Å². The summed E-state index contributed by atoms with van der Waals surface area (Å²) in [5.41, 5.74) is 0.561. The Kier molecular flexibility index (Phi) is 4.90. The van der Waals surface area contributed by atoms with Crippen molar-refractivity contribution in [1.29, 1.82) is 0 Å². The van der Waals surface area contributed by atoms with Gasteiger partial charge in [-0.1, -0.05) is 6.07 Å². The first-order valence-electron chi connectivity index (χ1n) is 6.69. The summed E-state index contributed by atoms with van der Waals surface area (Å²) in [5, 5.41) is 21.3. The van der Waals surface area contributed by atoms with Gasteiger partial charge in [0.25, 0.3) is 5.91 Å². The smallest absolute Gasteiger partial charge is 0.251 e. The molecule has 7 heteroatoms. The maximum atomic E-state index is 13.3. The maximum absolute atomic E-state index is 13.3. The highest BCUT2D eigenvalue weighted by Crippen LogP contribution is 2.21. The van der Waals surface area contributed by atoms with Gasteiger partial charge >= 0.3 is 0 Å². The summed E-state index contributed by atoms with van der Waals surface area (Å²) in [7, 11) is 0. The van der Waals surface area contributed by atoms with E-state index in [-0.39, 0.29) is 16.9 Å². The van der Waals surface area contributed by atoms with Gasteiger partial charge in [-0.2, -0.15) is 0 Å². The lowest BCUT2D eigenvalue weighted by atomic mass is 10.1. The molecule has 4 nitrogen and oxygen atoms in total. The van der Waals surface area contributed by atoms with Gasteiger partial charge in [0, 0.05) is 5.56 Å². The predicted octanol–water partition coefficient (Wildman–Crippen LogP) is 2.58. The highest BCUT2D eigenvalue weighted by Gasteiger charge is 2.19. The second-order valence-electron chi connectivity index (χ2n) is 5.01. The molecule has 0 radical (unpaired) electrons. The number of rotatable bonds is 4. The third-order valence-corrected chi connectivity index (χ3v) is 3.37. The minimum absolute atomic E-state index is 0.0860. The molecule has 0 aliphatic rings. The van der Waals surface area contributed by atoms with Crippen LogP contribution < -0.4 is 5.32 Å². The van der Waals surface area contributed by atoms with E-state index in [1.165, 1.54) is 18.2 Å². The average molecular weight is 325 g/mol. The van der Waals surface area contributed by atoms with Crippen LogP contribution in [0, 0.1) is 24.4 Å². The van der Waals surface area contributed by atoms with Gasteiger partial charge in [-0.3, -0.25) is 4.79 Å². The van der Waals surface area contributed by atoms with Crippen molar-refractivity contribution in [3.63, 3.8) is 0 Å². The number of nitrogens with one attached hydrogen (secondary N) is 1. The van der Waals surface area contributed by atoms with Crippen LogP contribution in [0.25, 0.3) is 0 Å². The van der Waals surface area contributed by atoms with E-state index in [1.807, 2.05) is 0 Å². The van der Waals surface area contributed by atoms with E-state index < -0.39 is 36.0 Å². The molecule has 0 saturated heterocycles. The second-order valence-corrected chi connectivity index (χ2v) is 5.01. The lowest BCUT2D eigenvalue weighted by Gasteiger charge is -2.17. The zero-order valence-corrected chi connectivity index (χ0v) is 12.1. The number of benzene rings is 2. The molecule has 23 heavy (non-hydrogen) atoms. The van der Waals surface area contributed by atoms with Crippen molar-refractivity contribution in [2.45, 2.75) is 13.0 Å². The van der Waals surface area contributed by atoms with Crippen molar-refractivity contribution in [1.82, 2.24) is 5.32 Å². The van der Waals surface area contributed by atoms with E-state index in [0.29, 0.717) is 17.7 Å². The average Bonchev–Trinajstić information content (AvgIpc) is 2.52. The maximum Gasteiger partial charge on any atom is 0.251 e. The number of amides is 1. The number of halogens is 3. The van der Waals surface area contributed by atoms with Crippen molar-refractivity contribution in [3.05, 3.63) is 64.5 Å². The quantitative estimate of drug-likeness (QED) is 0.757. The number of hydrogen-bond acceptors (Lipinski definition) is 3. The third-order valence-electron chi connectivity index (χ3n) is 3.37. The molecule has 0 heterocycles. The fourth-order valence-corrected chi connectivity index (χ4v) is 2.00. The number of aryl methyl sites for hydroxylation is 1. The Hall–Kier alpha value is -2.54. The van der Waals surface area contributed by atoms with Gasteiger partial charge in [-0.05, 0) is 42.3 Å². The van der Waals surface area contributed by atoms with E-state index in [1.54, 1.807) is 6.92 Å². The van der Waals surface area contributed by atoms with E-state index in [2.05, 4.69) is 5.32 Å². The summed E-state index contributed by atoms with van der Waals surface area (Å²) in [6.45, 7) is 1.01. The summed E-state index contributed by atoms with van der Waals surface area (Å²) in [6.07, 6.45) is 0. The van der Waals surface area contributed by atoms with Crippen LogP contribution in [0.3, 0.4) is 0 Å². The van der Waals surface area contributed by atoms with Crippen LogP contribution in [0.15, 0.2) is 30.3 Å². The summed E-state index contributed by atoms with van der Waals surface area (Å²) < 4.78 is 39.5. The van der Waals surface area contributed by atoms with Crippen LogP contribution in [0.2, 0.25) is 0 Å². The van der Waals surface area contributed by atoms with Gasteiger partial charge in [0.15, 0.2) is 17.5 Å². The topological polar surface area (TPSA) is 69.6 Å². The molecule has 0 aliphatic heterocycles. The number of carbonyl (C=O) groups excluding carboxylic acids is 1. The fourth-order valence-electron chi connectivity index (χ4n) is 2.00. The summed E-state index contributed by atoms with van der Waals surface area (Å²) in [6, 6.07) is 4.47. The molecule has 122 valence electrons. The number of aliphatic hydroxyl groups is 1. The first kappa shape index (κ1) is 16.8. The zero-order chi connectivity index (χ0) is 17.1. The minimum Gasteiger partial charge on any atom is -0.508 e. The molecule has 1 amide bonds. The van der Waals surface area contributed by atoms with Gasteiger partial charge < -0.3 is 15.5 Å². The first-order valence-corrected chi connectivity index (χ1v) is 6.69. The Morgan fingerprint density at radius 2 is 1.78 bits per heavy atom. The standard InChI is InChI=1S/C16H14F3NO3/c1-8-2-3-9(6-14(8)22)16(23)20-13(7-21)10-4-11(17)15(19)12(18)5-10/h2-6,13,21-22H,7H2,1H3,(H,20,23). The third kappa shape index (κ3) is 3.62. The molecule has 0 bridgehead atoms. The first-order chi connectivity index (χ1) is 10.8. The number of aromatic hydroxyl groups is 1. The van der Waals surface area contributed by atoms with Crippen molar-refractivity contribution in [2.75, 3.05) is 6.61 Å². The second kappa shape index (κ2) is 6.70. The molecule has 0 fully saturated rings. The largest absolute Gasteiger partial charge is 0.508 e. The summed E-state index contributed by atoms with van der Waals surface area (Å²) in [5.74, 6) is -5.21. The van der Waals surface area contributed by atoms with Crippen molar-refractivity contribution in [2.24, 2.45) is 0 Å². The van der Waals surface area contributed by atoms with Crippen LogP contribution in [0.4, 0.5) is 13.2 Å². The Morgan fingerprint density at radius 1 is 1.17 bits per heavy atom. The van der Waals surface area contributed by atoms with Crippen LogP contribution in [0.1, 0.15) is 27.5 Å². The van der Waals surface area contributed by atoms with Crippen molar-refractivity contribution >= 4 is 5.91 Å². The molecular formula is C16H14F3NO3. The fraction of sp³-hybridized carbons (Fsp3) is 0.188. The molecule has 0 aliphatic carbocycles. The number of hydrogen-bond donors (Lipinski definition) is 3. The molecule has 2 rings (SSSR count). The Balaban J connectivity index is 2.25. The van der Waals surface area contributed by atoms with Crippen molar-refractivity contribution in [3.8, 4) is 5.75 Å². The normalized spacial score (nSPS) is 12.0. The summed E-state index contributed by atoms with van der Waals surface area (Å²) in [4.78, 5) is 12.1. The Bertz CT molecular complexity index is 726. The molecule has 0 spiro atoms. The zero-order valence-electron chi connectivity index (χ0n) is 12.1. The van der Waals surface area contributed by atoms with E-state index in [4.69, 9.17) is 0 Å². The van der Waals surface area contributed by atoms with E-state index in [0.717, 1.165) is 0 Å². The van der Waals surface area contributed by atoms with Gasteiger partial charge in [0.05, 0.1) is 12.6 Å². The molecule has 1 atom stereocenters. The monoisotopic (exact) mass is 325 g/mol. The van der Waals surface area contributed by atoms with Crippen LogP contribution in [0.5, 0.6) is 5.75 Å². The Morgan fingerprint density at radius 3 is 2.30 bits per heavy atom. The number of phenolic OH excluding ortho intramolecular Hbond substituents is 1. The molecule has 0 aromatic heterocycles. The van der Waals surface area contributed by atoms with Gasteiger partial charge in [0.2, 0.25) is 0 Å². The number of aliphatic hydroxyl groups excluding tert-OH is 1. The van der Waals surface area contributed by atoms with Gasteiger partial charge in [-0.25, -0.2) is 13.2 Å². The summed E-state index contributed by atoms with van der Waals surface area (Å²) >= 11 is 0. The number of phenols is 1. The van der Waals surface area contributed by atoms with E-state index >= 15 is 0 Å². The minimum atomic E-state index is -1.62. The van der Waals surface area contributed by atoms with Crippen LogP contribution in [-0.4, -0.2) is 22.7 Å². The number of carbonyl (C=O) groups is 1.